The van der Waals surface area contributed by atoms with Gasteiger partial charge in [0.25, 0.3) is 0 Å². The molecule has 1 heterocycles. The molecule has 0 aliphatic heterocycles. The lowest BCUT2D eigenvalue weighted by molar-refractivity contribution is -0.137. The maximum absolute atomic E-state index is 12.6. The lowest BCUT2D eigenvalue weighted by Gasteiger charge is -2.05. The number of hydrogen-bond donors (Lipinski definition) is 1. The van der Waals surface area contributed by atoms with Crippen molar-refractivity contribution >= 4 is 26.7 Å². The number of aliphatic hydroxyl groups excluding tert-OH is 1. The lowest BCUT2D eigenvalue weighted by atomic mass is 10.0. The fraction of sp³-hybridized carbons (Fsp3) is 0.154. The highest BCUT2D eigenvalue weighted by Gasteiger charge is 2.31. The summed E-state index contributed by atoms with van der Waals surface area (Å²) in [6, 6.07) is 5.40. The van der Waals surface area contributed by atoms with Crippen molar-refractivity contribution in [3.8, 4) is 10.4 Å². The highest BCUT2D eigenvalue weighted by atomic mass is 32.2. The van der Waals surface area contributed by atoms with Crippen molar-refractivity contribution in [3.63, 3.8) is 0 Å². The first-order valence-electron chi connectivity index (χ1n) is 5.62. The third-order valence-corrected chi connectivity index (χ3v) is 4.34. The van der Waals surface area contributed by atoms with E-state index in [1.165, 1.54) is 18.2 Å². The molecule has 1 aromatic heterocycles. The average molecular weight is 334 g/mol. The molecule has 112 valence electrons. The third-order valence-electron chi connectivity index (χ3n) is 2.83. The molecule has 0 radical (unpaired) electrons. The largest absolute Gasteiger partial charge is 0.417 e. The number of alkyl halides is 3. The van der Waals surface area contributed by atoms with E-state index in [9.17, 15) is 26.7 Å². The molecule has 2 rings (SSSR count). The van der Waals surface area contributed by atoms with Gasteiger partial charge in [-0.1, -0.05) is 12.1 Å². The zero-order chi connectivity index (χ0) is 15.8. The second-order valence-corrected chi connectivity index (χ2v) is 6.03. The smallest absolute Gasteiger partial charge is 0.347 e. The van der Waals surface area contributed by atoms with Crippen LogP contribution in [0.3, 0.4) is 0 Å². The molecule has 8 heteroatoms. The van der Waals surface area contributed by atoms with Crippen LogP contribution in [0.25, 0.3) is 10.4 Å². The zero-order valence-electron chi connectivity index (χ0n) is 10.6. The van der Waals surface area contributed by atoms with Gasteiger partial charge in [0.1, 0.15) is 0 Å². The Balaban J connectivity index is 2.46. The fourth-order valence-electron chi connectivity index (χ4n) is 1.78. The van der Waals surface area contributed by atoms with Gasteiger partial charge >= 0.3 is 6.18 Å². The van der Waals surface area contributed by atoms with Crippen LogP contribution in [0.2, 0.25) is 0 Å². The van der Waals surface area contributed by atoms with E-state index < -0.39 is 27.1 Å². The van der Waals surface area contributed by atoms with Gasteiger partial charge in [0.05, 0.1) is 5.56 Å². The van der Waals surface area contributed by atoms with Crippen molar-refractivity contribution in [1.29, 1.82) is 0 Å². The number of hydrogen-bond acceptors (Lipinski definition) is 3. The molecule has 2 aromatic rings. The summed E-state index contributed by atoms with van der Waals surface area (Å²) in [7, 11) is -2.75. The van der Waals surface area contributed by atoms with Crippen LogP contribution in [0.4, 0.5) is 13.2 Å². The van der Waals surface area contributed by atoms with E-state index in [4.69, 9.17) is 0 Å². The highest BCUT2D eigenvalue weighted by Crippen LogP contribution is 2.36. The second-order valence-electron chi connectivity index (χ2n) is 4.27. The van der Waals surface area contributed by atoms with Crippen LogP contribution in [0.1, 0.15) is 16.7 Å². The topological polar surface area (TPSA) is 54.4 Å². The van der Waals surface area contributed by atoms with E-state index in [0.29, 0.717) is 16.0 Å². The molecule has 0 unspecified atom stereocenters. The van der Waals surface area contributed by atoms with Crippen molar-refractivity contribution < 1.29 is 26.7 Å². The molecule has 0 atom stereocenters. The zero-order valence-corrected chi connectivity index (χ0v) is 12.2. The summed E-state index contributed by atoms with van der Waals surface area (Å²) in [4.78, 5) is 0.416. The van der Waals surface area contributed by atoms with E-state index in [2.05, 4.69) is 0 Å². The predicted molar refractivity (Wildman–Crippen MR) is 75.2 cm³/mol. The number of halogens is 3. The average Bonchev–Trinajstić information content (AvgIpc) is 2.87. The Morgan fingerprint density at radius 3 is 2.38 bits per heavy atom. The Labute approximate surface area is 123 Å². The normalized spacial score (nSPS) is 11.5. The van der Waals surface area contributed by atoms with Crippen molar-refractivity contribution in [1.82, 2.24) is 0 Å². The monoisotopic (exact) mass is 334 g/mol. The van der Waals surface area contributed by atoms with Crippen molar-refractivity contribution in [2.24, 2.45) is 0 Å². The summed E-state index contributed by atoms with van der Waals surface area (Å²) in [5.74, 6) is 0. The van der Waals surface area contributed by atoms with Crippen LogP contribution >= 0.6 is 11.3 Å². The molecular weight excluding hydrogens is 325 g/mol. The van der Waals surface area contributed by atoms with Crippen molar-refractivity contribution in [2.45, 2.75) is 13.1 Å². The molecule has 3 nitrogen and oxygen atoms in total. The molecule has 0 saturated carbocycles. The SMILES string of the molecule is Cc1cc(-c2cc(C(F)(F)F)cs2)ccc1C(O)=S(=O)=O. The van der Waals surface area contributed by atoms with Crippen LogP contribution in [-0.2, 0) is 16.5 Å². The molecule has 0 aliphatic carbocycles. The first-order chi connectivity index (χ1) is 9.70. The Morgan fingerprint density at radius 1 is 1.24 bits per heavy atom. The van der Waals surface area contributed by atoms with Gasteiger partial charge in [-0.25, -0.2) is 0 Å². The Kier molecular flexibility index (Phi) is 4.22. The molecular formula is C13H9F3O3S2. The van der Waals surface area contributed by atoms with Gasteiger partial charge in [-0.2, -0.15) is 21.6 Å². The van der Waals surface area contributed by atoms with E-state index in [-0.39, 0.29) is 5.56 Å². The Morgan fingerprint density at radius 2 is 1.90 bits per heavy atom. The Hall–Kier alpha value is -1.64. The standard InChI is InChI=1S/C13H9F3O3S2/c1-7-4-8(2-3-10(7)12(17)21(18)19)11-5-9(6-20-11)13(14,15)16/h2-6,17H,1H3. The van der Waals surface area contributed by atoms with Crippen LogP contribution in [0, 0.1) is 6.92 Å². The molecule has 0 bridgehead atoms. The molecule has 0 saturated heterocycles. The second kappa shape index (κ2) is 5.63. The first kappa shape index (κ1) is 15.7. The number of rotatable bonds is 2. The third kappa shape index (κ3) is 3.34. The molecule has 1 N–H and O–H groups in total. The number of aryl methyl sites for hydroxylation is 1. The van der Waals surface area contributed by atoms with Crippen molar-refractivity contribution in [3.05, 3.63) is 46.3 Å². The maximum Gasteiger partial charge on any atom is 0.417 e. The molecule has 21 heavy (non-hydrogen) atoms. The van der Waals surface area contributed by atoms with Crippen LogP contribution in [0.15, 0.2) is 29.6 Å². The summed E-state index contributed by atoms with van der Waals surface area (Å²) in [5, 5.41) is 9.64. The van der Waals surface area contributed by atoms with E-state index in [1.807, 2.05) is 0 Å². The van der Waals surface area contributed by atoms with Crippen LogP contribution in [-0.4, -0.2) is 18.6 Å². The summed E-state index contributed by atoms with van der Waals surface area (Å²) in [6.07, 6.45) is -4.39. The van der Waals surface area contributed by atoms with E-state index in [0.717, 1.165) is 22.8 Å². The Bertz CT molecular complexity index is 809. The van der Waals surface area contributed by atoms with Gasteiger partial charge in [0.15, 0.2) is 0 Å². The highest BCUT2D eigenvalue weighted by molar-refractivity contribution is 7.73. The van der Waals surface area contributed by atoms with Gasteiger partial charge in [-0.05, 0) is 30.2 Å². The quantitative estimate of drug-likeness (QED) is 0.853. The lowest BCUT2D eigenvalue weighted by Crippen LogP contribution is -2.03. The number of aliphatic hydroxyl groups is 1. The number of thiophene rings is 1. The molecule has 1 aromatic carbocycles. The summed E-state index contributed by atoms with van der Waals surface area (Å²) < 4.78 is 59.1. The summed E-state index contributed by atoms with van der Waals surface area (Å²) >= 11 is 0.948. The van der Waals surface area contributed by atoms with E-state index >= 15 is 0 Å². The molecule has 0 aliphatic rings. The van der Waals surface area contributed by atoms with Crippen LogP contribution in [0.5, 0.6) is 0 Å². The minimum absolute atomic E-state index is 0.125. The van der Waals surface area contributed by atoms with Gasteiger partial charge in [-0.3, -0.25) is 0 Å². The first-order valence-corrected chi connectivity index (χ1v) is 7.58. The molecule has 0 spiro atoms. The van der Waals surface area contributed by atoms with Gasteiger partial charge in [0.2, 0.25) is 15.3 Å². The minimum Gasteiger partial charge on any atom is -0.347 e. The van der Waals surface area contributed by atoms with Gasteiger partial charge in [-0.15, -0.1) is 11.3 Å². The predicted octanol–water partition coefficient (Wildman–Crippen LogP) is 3.66. The maximum atomic E-state index is 12.6. The van der Waals surface area contributed by atoms with Gasteiger partial charge < -0.3 is 5.11 Å². The number of benzene rings is 1. The van der Waals surface area contributed by atoms with Gasteiger partial charge in [0, 0.05) is 15.8 Å². The summed E-state index contributed by atoms with van der Waals surface area (Å²) in [5.41, 5.74) is 0.386. The molecule has 0 fully saturated rings. The van der Waals surface area contributed by atoms with Crippen molar-refractivity contribution in [2.75, 3.05) is 0 Å². The minimum atomic E-state index is -4.39. The summed E-state index contributed by atoms with van der Waals surface area (Å²) in [6.45, 7) is 1.57. The van der Waals surface area contributed by atoms with E-state index in [1.54, 1.807) is 6.92 Å². The van der Waals surface area contributed by atoms with Crippen LogP contribution < -0.4 is 0 Å². The fourth-order valence-corrected chi connectivity index (χ4v) is 3.11. The molecule has 0 amide bonds.